The summed E-state index contributed by atoms with van der Waals surface area (Å²) in [5.41, 5.74) is 5.69. The number of hydrogen-bond donors (Lipinski definition) is 4. The number of hydrogen-bond acceptors (Lipinski definition) is 9. The van der Waals surface area contributed by atoms with Gasteiger partial charge in [-0.05, 0) is 72.2 Å². The van der Waals surface area contributed by atoms with Crippen LogP contribution in [0.5, 0.6) is 11.5 Å². The highest BCUT2D eigenvalue weighted by atomic mass is 16.5. The lowest BCUT2D eigenvalue weighted by Crippen LogP contribution is -2.58. The average Bonchev–Trinajstić information content (AvgIpc) is 3.58. The van der Waals surface area contributed by atoms with Crippen LogP contribution in [0.25, 0.3) is 0 Å². The number of nitrogens with one attached hydrogen (secondary N) is 3. The van der Waals surface area contributed by atoms with Crippen molar-refractivity contribution in [1.82, 2.24) is 35.9 Å². The van der Waals surface area contributed by atoms with Crippen molar-refractivity contribution in [2.75, 3.05) is 33.3 Å². The molecule has 0 spiro atoms. The Morgan fingerprint density at radius 1 is 0.918 bits per heavy atom. The second kappa shape index (κ2) is 22.0. The number of aliphatic hydroxyl groups excluding tert-OH is 1. The fourth-order valence-electron chi connectivity index (χ4n) is 7.39. The fraction of sp³-hybridized carbons (Fsp3) is 0.426. The van der Waals surface area contributed by atoms with E-state index in [0.717, 1.165) is 22.5 Å². The van der Waals surface area contributed by atoms with E-state index in [1.54, 1.807) is 14.8 Å². The van der Waals surface area contributed by atoms with Gasteiger partial charge in [-0.2, -0.15) is 0 Å². The minimum Gasteiger partial charge on any atom is -0.457 e. The van der Waals surface area contributed by atoms with Crippen LogP contribution in [-0.2, 0) is 33.8 Å². The maximum Gasteiger partial charge on any atom is 0.406 e. The average molecular weight is 836 g/mol. The Kier molecular flexibility index (Phi) is 16.6. The minimum absolute atomic E-state index is 0.0440. The molecule has 1 aliphatic heterocycles. The Labute approximate surface area is 359 Å². The number of ether oxygens (including phenoxy) is 2. The van der Waals surface area contributed by atoms with Gasteiger partial charge < -0.3 is 35.0 Å². The lowest BCUT2D eigenvalue weighted by atomic mass is 9.89. The van der Waals surface area contributed by atoms with Crippen molar-refractivity contribution in [3.05, 3.63) is 126 Å². The molecule has 4 N–H and O–H groups in total. The predicted molar refractivity (Wildman–Crippen MR) is 233 cm³/mol. The number of benzene rings is 3. The van der Waals surface area contributed by atoms with Crippen molar-refractivity contribution in [3.8, 4) is 11.5 Å². The molecule has 326 valence electrons. The molecule has 1 aliphatic rings. The van der Waals surface area contributed by atoms with Crippen LogP contribution in [0.4, 0.5) is 9.59 Å². The van der Waals surface area contributed by atoms with Gasteiger partial charge >= 0.3 is 12.1 Å². The lowest BCUT2D eigenvalue weighted by molar-refractivity contribution is -0.131. The van der Waals surface area contributed by atoms with Gasteiger partial charge in [0.05, 0.1) is 31.5 Å². The topological polar surface area (TPSA) is 166 Å². The summed E-state index contributed by atoms with van der Waals surface area (Å²) >= 11 is 0. The first-order valence-corrected chi connectivity index (χ1v) is 20.9. The molecule has 61 heavy (non-hydrogen) atoms. The maximum absolute atomic E-state index is 14.5. The lowest BCUT2D eigenvalue weighted by Gasteiger charge is -2.35. The van der Waals surface area contributed by atoms with E-state index in [9.17, 15) is 24.3 Å². The van der Waals surface area contributed by atoms with Crippen LogP contribution < -0.4 is 20.8 Å². The third-order valence-corrected chi connectivity index (χ3v) is 10.8. The number of urea groups is 1. The number of nitrogens with zero attached hydrogens (tertiary/aromatic N) is 4. The fourth-order valence-corrected chi connectivity index (χ4v) is 7.39. The van der Waals surface area contributed by atoms with E-state index < -0.39 is 29.7 Å². The molecule has 5 rings (SSSR count). The number of pyridine rings is 1. The molecule has 1 aromatic heterocycles. The van der Waals surface area contributed by atoms with Gasteiger partial charge in [0.15, 0.2) is 0 Å². The molecule has 5 amide bonds. The number of carbonyl (C=O) groups is 4. The molecule has 2 heterocycles. The van der Waals surface area contributed by atoms with E-state index in [1.807, 2.05) is 138 Å². The van der Waals surface area contributed by atoms with Crippen LogP contribution >= 0.6 is 0 Å². The molecule has 4 aromatic rings. The first-order valence-electron chi connectivity index (χ1n) is 20.9. The van der Waals surface area contributed by atoms with Gasteiger partial charge in [0.1, 0.15) is 17.5 Å². The van der Waals surface area contributed by atoms with Crippen molar-refractivity contribution in [2.24, 2.45) is 11.3 Å². The number of hydrazine groups is 1. The van der Waals surface area contributed by atoms with Crippen LogP contribution in [0.15, 0.2) is 103 Å². The standard InChI is InChI=1S/C47H61N7O7/c1-7-33(2)43(54-25-24-52(46(54)59)30-37-20-14-16-34(3)49-37)44(57)50-40(27-35-17-10-8-11-18-35)41(55)31-53(51-42(56)28-47(4,5)32-48-45(58)60-6)29-36-19-15-23-39(26-36)61-38-21-12-9-13-22-38/h8-23,26,33,40-41,43,55H,7,24-25,27-32H2,1-6H3,(H,48,58)(H,50,57)(H,51,56). The van der Waals surface area contributed by atoms with E-state index >= 15 is 0 Å². The number of carbonyl (C=O) groups excluding carboxylic acids is 4. The van der Waals surface area contributed by atoms with E-state index in [2.05, 4.69) is 21.0 Å². The zero-order valence-corrected chi connectivity index (χ0v) is 36.2. The van der Waals surface area contributed by atoms with Gasteiger partial charge in [-0.3, -0.25) is 20.0 Å². The van der Waals surface area contributed by atoms with Crippen LogP contribution in [0.3, 0.4) is 0 Å². The van der Waals surface area contributed by atoms with Crippen molar-refractivity contribution >= 4 is 23.9 Å². The number of alkyl carbamates (subject to hydrolysis) is 1. The van der Waals surface area contributed by atoms with Crippen molar-refractivity contribution in [3.63, 3.8) is 0 Å². The Balaban J connectivity index is 1.38. The molecule has 14 heteroatoms. The molecule has 14 nitrogen and oxygen atoms in total. The highest BCUT2D eigenvalue weighted by molar-refractivity contribution is 5.88. The van der Waals surface area contributed by atoms with Crippen LogP contribution in [0.2, 0.25) is 0 Å². The third-order valence-electron chi connectivity index (χ3n) is 10.8. The molecule has 4 unspecified atom stereocenters. The van der Waals surface area contributed by atoms with E-state index in [0.29, 0.717) is 37.6 Å². The molecular formula is C47H61N7O7. The SMILES string of the molecule is CCC(C)C(C(=O)NC(Cc1ccccc1)C(O)CN(Cc1cccc(Oc2ccccc2)c1)NC(=O)CC(C)(C)CNC(=O)OC)N1CCN(Cc2cccc(C)n2)C1=O. The zero-order chi connectivity index (χ0) is 43.9. The Morgan fingerprint density at radius 3 is 2.28 bits per heavy atom. The first-order chi connectivity index (χ1) is 29.2. The van der Waals surface area contributed by atoms with E-state index in [1.165, 1.54) is 7.11 Å². The number of rotatable bonds is 21. The van der Waals surface area contributed by atoms with Gasteiger partial charge in [0.25, 0.3) is 0 Å². The Bertz CT molecular complexity index is 2050. The number of methoxy groups -OCH3 is 1. The van der Waals surface area contributed by atoms with Crippen molar-refractivity contribution in [1.29, 1.82) is 0 Å². The molecule has 1 fully saturated rings. The molecule has 0 saturated carbocycles. The van der Waals surface area contributed by atoms with Crippen molar-refractivity contribution in [2.45, 2.75) is 85.2 Å². The summed E-state index contributed by atoms with van der Waals surface area (Å²) in [6, 6.07) is 30.3. The number of aliphatic hydroxyl groups is 1. The van der Waals surface area contributed by atoms with Crippen molar-refractivity contribution < 1.29 is 33.8 Å². The first kappa shape index (κ1) is 46.1. The van der Waals surface area contributed by atoms with Crippen LogP contribution in [-0.4, -0.2) is 100 Å². The number of aromatic nitrogens is 1. The summed E-state index contributed by atoms with van der Waals surface area (Å²) < 4.78 is 10.8. The van der Waals surface area contributed by atoms with Crippen LogP contribution in [0.1, 0.15) is 63.1 Å². The van der Waals surface area contributed by atoms with Crippen LogP contribution in [0, 0.1) is 18.3 Å². The molecule has 3 aromatic carbocycles. The molecule has 1 saturated heterocycles. The Hall–Kier alpha value is -5.99. The highest BCUT2D eigenvalue weighted by Crippen LogP contribution is 2.25. The quantitative estimate of drug-likeness (QED) is 0.0713. The minimum atomic E-state index is -1.18. The Morgan fingerprint density at radius 2 is 1.59 bits per heavy atom. The molecule has 0 radical (unpaired) electrons. The van der Waals surface area contributed by atoms with E-state index in [4.69, 9.17) is 9.47 Å². The number of amides is 5. The summed E-state index contributed by atoms with van der Waals surface area (Å²) in [4.78, 5) is 61.9. The summed E-state index contributed by atoms with van der Waals surface area (Å²) in [7, 11) is 1.28. The molecule has 0 bridgehead atoms. The number of aryl methyl sites for hydroxylation is 1. The van der Waals surface area contributed by atoms with Gasteiger partial charge in [0, 0.05) is 44.8 Å². The summed E-state index contributed by atoms with van der Waals surface area (Å²) in [5.74, 6) is 0.387. The zero-order valence-electron chi connectivity index (χ0n) is 36.2. The summed E-state index contributed by atoms with van der Waals surface area (Å²) in [6.45, 7) is 11.0. The maximum atomic E-state index is 14.5. The third kappa shape index (κ3) is 14.0. The summed E-state index contributed by atoms with van der Waals surface area (Å²) in [6.07, 6.45) is -0.801. The van der Waals surface area contributed by atoms with Gasteiger partial charge in [-0.15, -0.1) is 0 Å². The highest BCUT2D eigenvalue weighted by Gasteiger charge is 2.41. The number of para-hydroxylation sites is 1. The predicted octanol–water partition coefficient (Wildman–Crippen LogP) is 6.23. The van der Waals surface area contributed by atoms with Gasteiger partial charge in [-0.1, -0.05) is 101 Å². The molecule has 0 aliphatic carbocycles. The molecule has 4 atom stereocenters. The normalized spacial score (nSPS) is 14.9. The van der Waals surface area contributed by atoms with E-state index in [-0.39, 0.29) is 56.2 Å². The summed E-state index contributed by atoms with van der Waals surface area (Å²) in [5, 5.41) is 19.6. The van der Waals surface area contributed by atoms with Gasteiger partial charge in [0.2, 0.25) is 11.8 Å². The largest absolute Gasteiger partial charge is 0.457 e. The second-order valence-electron chi connectivity index (χ2n) is 16.5. The smallest absolute Gasteiger partial charge is 0.406 e. The second-order valence-corrected chi connectivity index (χ2v) is 16.5. The monoisotopic (exact) mass is 835 g/mol. The van der Waals surface area contributed by atoms with Gasteiger partial charge in [-0.25, -0.2) is 14.6 Å². The molecular weight excluding hydrogens is 775 g/mol.